The molecule has 0 amide bonds. The molecule has 0 spiro atoms. The standard InChI is InChI=1S/C15H22N2/c16-10-13-8-14-6-7-15(9-13)17(14)11-12-4-2-1-3-5-12/h1-5,13-15H,6-11,16H2. The third kappa shape index (κ3) is 2.24. The van der Waals surface area contributed by atoms with E-state index in [2.05, 4.69) is 35.2 Å². The minimum absolute atomic E-state index is 0.777. The summed E-state index contributed by atoms with van der Waals surface area (Å²) in [6, 6.07) is 12.5. The molecule has 0 saturated carbocycles. The van der Waals surface area contributed by atoms with Crippen LogP contribution in [0.3, 0.4) is 0 Å². The highest BCUT2D eigenvalue weighted by atomic mass is 15.2. The van der Waals surface area contributed by atoms with Gasteiger partial charge in [-0.3, -0.25) is 4.90 Å². The van der Waals surface area contributed by atoms with E-state index < -0.39 is 0 Å². The van der Waals surface area contributed by atoms with Gasteiger partial charge in [0.05, 0.1) is 0 Å². The molecule has 1 aromatic rings. The van der Waals surface area contributed by atoms with E-state index in [9.17, 15) is 0 Å². The average molecular weight is 230 g/mol. The Morgan fingerprint density at radius 1 is 1.06 bits per heavy atom. The minimum Gasteiger partial charge on any atom is -0.330 e. The fourth-order valence-electron chi connectivity index (χ4n) is 3.63. The molecule has 2 N–H and O–H groups in total. The van der Waals surface area contributed by atoms with Crippen LogP contribution in [0.4, 0.5) is 0 Å². The van der Waals surface area contributed by atoms with E-state index in [4.69, 9.17) is 5.73 Å². The van der Waals surface area contributed by atoms with Crippen molar-refractivity contribution >= 4 is 0 Å². The molecule has 2 atom stereocenters. The molecular formula is C15H22N2. The largest absolute Gasteiger partial charge is 0.330 e. The lowest BCUT2D eigenvalue weighted by molar-refractivity contribution is 0.0988. The number of hydrogen-bond acceptors (Lipinski definition) is 2. The van der Waals surface area contributed by atoms with Gasteiger partial charge >= 0.3 is 0 Å². The van der Waals surface area contributed by atoms with Gasteiger partial charge in [0.25, 0.3) is 0 Å². The van der Waals surface area contributed by atoms with Crippen LogP contribution in [-0.4, -0.2) is 23.5 Å². The van der Waals surface area contributed by atoms with Crippen molar-refractivity contribution < 1.29 is 0 Å². The first-order valence-corrected chi connectivity index (χ1v) is 6.86. The smallest absolute Gasteiger partial charge is 0.0239 e. The number of nitrogens with two attached hydrogens (primary N) is 1. The molecule has 2 unspecified atom stereocenters. The highest BCUT2D eigenvalue weighted by Crippen LogP contribution is 2.39. The second-order valence-corrected chi connectivity index (χ2v) is 5.62. The second kappa shape index (κ2) is 4.79. The Hall–Kier alpha value is -0.860. The van der Waals surface area contributed by atoms with Gasteiger partial charge in [0.15, 0.2) is 0 Å². The molecule has 2 nitrogen and oxygen atoms in total. The van der Waals surface area contributed by atoms with E-state index in [1.807, 2.05) is 0 Å². The number of hydrogen-bond donors (Lipinski definition) is 1. The molecule has 0 aromatic heterocycles. The Morgan fingerprint density at radius 3 is 2.29 bits per heavy atom. The fourth-order valence-corrected chi connectivity index (χ4v) is 3.63. The number of fused-ring (bicyclic) bond motifs is 2. The van der Waals surface area contributed by atoms with Crippen molar-refractivity contribution in [3.8, 4) is 0 Å². The highest BCUT2D eigenvalue weighted by molar-refractivity contribution is 5.15. The average Bonchev–Trinajstić information content (AvgIpc) is 2.63. The van der Waals surface area contributed by atoms with Crippen molar-refractivity contribution in [3.05, 3.63) is 35.9 Å². The van der Waals surface area contributed by atoms with Gasteiger partial charge in [-0.05, 0) is 43.7 Å². The molecule has 2 fully saturated rings. The molecule has 0 radical (unpaired) electrons. The van der Waals surface area contributed by atoms with Gasteiger partial charge in [0, 0.05) is 18.6 Å². The summed E-state index contributed by atoms with van der Waals surface area (Å²) in [6.45, 7) is 2.01. The van der Waals surface area contributed by atoms with Gasteiger partial charge in [-0.25, -0.2) is 0 Å². The van der Waals surface area contributed by atoms with Crippen LogP contribution in [0.2, 0.25) is 0 Å². The Bertz CT molecular complexity index is 348. The van der Waals surface area contributed by atoms with Crippen LogP contribution in [0.25, 0.3) is 0 Å². The maximum absolute atomic E-state index is 5.83. The Kier molecular flexibility index (Phi) is 3.17. The molecule has 17 heavy (non-hydrogen) atoms. The van der Waals surface area contributed by atoms with E-state index in [1.54, 1.807) is 0 Å². The summed E-state index contributed by atoms with van der Waals surface area (Å²) in [5.74, 6) is 0.777. The zero-order chi connectivity index (χ0) is 11.7. The van der Waals surface area contributed by atoms with Crippen molar-refractivity contribution in [2.75, 3.05) is 6.54 Å². The first kappa shape index (κ1) is 11.2. The molecule has 2 heteroatoms. The Labute approximate surface area is 104 Å². The molecule has 2 aliphatic rings. The molecule has 1 aromatic carbocycles. The van der Waals surface area contributed by atoms with E-state index in [0.29, 0.717) is 0 Å². The minimum atomic E-state index is 0.777. The molecule has 2 bridgehead atoms. The predicted molar refractivity (Wildman–Crippen MR) is 70.6 cm³/mol. The summed E-state index contributed by atoms with van der Waals surface area (Å²) < 4.78 is 0. The van der Waals surface area contributed by atoms with Gasteiger partial charge in [-0.1, -0.05) is 30.3 Å². The van der Waals surface area contributed by atoms with Crippen molar-refractivity contribution in [1.82, 2.24) is 4.90 Å². The third-order valence-corrected chi connectivity index (χ3v) is 4.52. The van der Waals surface area contributed by atoms with Crippen LogP contribution in [0.15, 0.2) is 30.3 Å². The first-order valence-electron chi connectivity index (χ1n) is 6.86. The molecular weight excluding hydrogens is 208 g/mol. The zero-order valence-corrected chi connectivity index (χ0v) is 10.4. The summed E-state index contributed by atoms with van der Waals surface area (Å²) in [5.41, 5.74) is 7.29. The monoisotopic (exact) mass is 230 g/mol. The van der Waals surface area contributed by atoms with Crippen LogP contribution < -0.4 is 5.73 Å². The van der Waals surface area contributed by atoms with E-state index in [-0.39, 0.29) is 0 Å². The van der Waals surface area contributed by atoms with Crippen molar-refractivity contribution in [3.63, 3.8) is 0 Å². The SMILES string of the molecule is NCC1CC2CCC(C1)N2Cc1ccccc1. The molecule has 3 rings (SSSR count). The Morgan fingerprint density at radius 2 is 1.71 bits per heavy atom. The topological polar surface area (TPSA) is 29.3 Å². The molecule has 0 aliphatic carbocycles. The molecule has 2 aliphatic heterocycles. The summed E-state index contributed by atoms with van der Waals surface area (Å²) in [6.07, 6.45) is 5.40. The maximum atomic E-state index is 5.83. The number of benzene rings is 1. The number of rotatable bonds is 3. The predicted octanol–water partition coefficient (Wildman–Crippen LogP) is 2.39. The molecule has 2 heterocycles. The highest BCUT2D eigenvalue weighted by Gasteiger charge is 2.39. The second-order valence-electron chi connectivity index (χ2n) is 5.62. The van der Waals surface area contributed by atoms with E-state index in [0.717, 1.165) is 31.1 Å². The maximum Gasteiger partial charge on any atom is 0.0239 e. The van der Waals surface area contributed by atoms with Gasteiger partial charge in [0.2, 0.25) is 0 Å². The summed E-state index contributed by atoms with van der Waals surface area (Å²) in [5, 5.41) is 0. The number of piperidine rings is 1. The van der Waals surface area contributed by atoms with Crippen molar-refractivity contribution in [1.29, 1.82) is 0 Å². The normalized spacial score (nSPS) is 32.9. The van der Waals surface area contributed by atoms with Crippen LogP contribution >= 0.6 is 0 Å². The van der Waals surface area contributed by atoms with Crippen molar-refractivity contribution in [2.24, 2.45) is 11.7 Å². The zero-order valence-electron chi connectivity index (χ0n) is 10.4. The van der Waals surface area contributed by atoms with Gasteiger partial charge in [-0.15, -0.1) is 0 Å². The van der Waals surface area contributed by atoms with E-state index in [1.165, 1.54) is 31.2 Å². The Balaban J connectivity index is 1.69. The summed E-state index contributed by atoms with van der Waals surface area (Å²) >= 11 is 0. The van der Waals surface area contributed by atoms with Gasteiger partial charge < -0.3 is 5.73 Å². The molecule has 2 saturated heterocycles. The lowest BCUT2D eigenvalue weighted by atomic mass is 9.90. The lowest BCUT2D eigenvalue weighted by Gasteiger charge is -2.38. The number of nitrogens with zero attached hydrogens (tertiary/aromatic N) is 1. The van der Waals surface area contributed by atoms with Gasteiger partial charge in [0.1, 0.15) is 0 Å². The summed E-state index contributed by atoms with van der Waals surface area (Å²) in [7, 11) is 0. The first-order chi connectivity index (χ1) is 8.36. The van der Waals surface area contributed by atoms with E-state index >= 15 is 0 Å². The van der Waals surface area contributed by atoms with Crippen LogP contribution in [0.1, 0.15) is 31.2 Å². The van der Waals surface area contributed by atoms with Gasteiger partial charge in [-0.2, -0.15) is 0 Å². The quantitative estimate of drug-likeness (QED) is 0.864. The molecule has 92 valence electrons. The van der Waals surface area contributed by atoms with Crippen LogP contribution in [0, 0.1) is 5.92 Å². The van der Waals surface area contributed by atoms with Crippen LogP contribution in [-0.2, 0) is 6.54 Å². The van der Waals surface area contributed by atoms with Crippen molar-refractivity contribution in [2.45, 2.75) is 44.3 Å². The summed E-state index contributed by atoms with van der Waals surface area (Å²) in [4.78, 5) is 2.72. The lowest BCUT2D eigenvalue weighted by Crippen LogP contribution is -2.43. The third-order valence-electron chi connectivity index (χ3n) is 4.52. The van der Waals surface area contributed by atoms with Crippen LogP contribution in [0.5, 0.6) is 0 Å². The fraction of sp³-hybridized carbons (Fsp3) is 0.600.